The van der Waals surface area contributed by atoms with E-state index in [0.29, 0.717) is 28.0 Å². The van der Waals surface area contributed by atoms with E-state index in [9.17, 15) is 13.2 Å². The third kappa shape index (κ3) is 5.74. The molecule has 1 atom stereocenters. The van der Waals surface area contributed by atoms with Crippen LogP contribution in [0.4, 0.5) is 5.82 Å². The van der Waals surface area contributed by atoms with E-state index < -0.39 is 22.0 Å². The summed E-state index contributed by atoms with van der Waals surface area (Å²) in [6.45, 7) is 0. The zero-order chi connectivity index (χ0) is 25.7. The quantitative estimate of drug-likeness (QED) is 0.214. The number of nitrogens with zero attached hydrogens (tertiary/aromatic N) is 1. The number of amidine groups is 1. The molecule has 0 aliphatic rings. The van der Waals surface area contributed by atoms with Crippen molar-refractivity contribution < 1.29 is 17.9 Å². The highest BCUT2D eigenvalue weighted by atomic mass is 32.2. The largest absolute Gasteiger partial charge is 0.476 e. The van der Waals surface area contributed by atoms with Gasteiger partial charge in [-0.25, -0.2) is 18.5 Å². The fraction of sp³-hybridized carbons (Fsp3) is 0.0385. The van der Waals surface area contributed by atoms with Crippen molar-refractivity contribution in [3.05, 3.63) is 108 Å². The number of hydrogen-bond donors (Lipinski definition) is 4. The van der Waals surface area contributed by atoms with Crippen LogP contribution in [0.15, 0.2) is 102 Å². The van der Waals surface area contributed by atoms with Crippen LogP contribution in [0.3, 0.4) is 0 Å². The molecular formula is C26H23N5O4S. The van der Waals surface area contributed by atoms with E-state index in [-0.39, 0.29) is 16.5 Å². The van der Waals surface area contributed by atoms with Gasteiger partial charge >= 0.3 is 0 Å². The zero-order valence-electron chi connectivity index (χ0n) is 19.0. The molecule has 0 fully saturated rings. The van der Waals surface area contributed by atoms with Gasteiger partial charge in [0.25, 0.3) is 5.91 Å². The van der Waals surface area contributed by atoms with Gasteiger partial charge in [0.1, 0.15) is 17.4 Å². The highest BCUT2D eigenvalue weighted by Gasteiger charge is 2.24. The molecule has 6 N–H and O–H groups in total. The van der Waals surface area contributed by atoms with Gasteiger partial charge in [-0.15, -0.1) is 0 Å². The molecular weight excluding hydrogens is 478 g/mol. The van der Waals surface area contributed by atoms with Crippen LogP contribution in [0.2, 0.25) is 0 Å². The van der Waals surface area contributed by atoms with Crippen molar-refractivity contribution in [2.45, 2.75) is 11.0 Å². The van der Waals surface area contributed by atoms with Crippen LogP contribution in [0, 0.1) is 5.41 Å². The molecule has 4 rings (SSSR count). The molecule has 0 aliphatic carbocycles. The van der Waals surface area contributed by atoms with E-state index in [2.05, 4.69) is 10.3 Å². The smallest absolute Gasteiger partial charge is 0.271 e. The summed E-state index contributed by atoms with van der Waals surface area (Å²) in [5.41, 5.74) is 7.58. The highest BCUT2D eigenvalue weighted by molar-refractivity contribution is 7.89. The molecule has 0 aliphatic heterocycles. The van der Waals surface area contributed by atoms with Gasteiger partial charge in [0.15, 0.2) is 0 Å². The Balaban J connectivity index is 1.59. The SMILES string of the molecule is N=C(N)c1cccc(OC(C(=O)Nc2ccc(-c3ccccc3S(N)(=O)=O)cn2)c2ccccc2)c1. The number of aromatic nitrogens is 1. The molecule has 182 valence electrons. The van der Waals surface area contributed by atoms with E-state index in [1.165, 1.54) is 12.3 Å². The fourth-order valence-electron chi connectivity index (χ4n) is 3.55. The Morgan fingerprint density at radius 1 is 0.944 bits per heavy atom. The minimum absolute atomic E-state index is 0.0195. The summed E-state index contributed by atoms with van der Waals surface area (Å²) in [5.74, 6) is 0.0301. The summed E-state index contributed by atoms with van der Waals surface area (Å²) in [5, 5.41) is 15.7. The average molecular weight is 502 g/mol. The van der Waals surface area contributed by atoms with Crippen LogP contribution < -0.4 is 20.9 Å². The Hall–Kier alpha value is -4.54. The molecule has 9 nitrogen and oxygen atoms in total. The Morgan fingerprint density at radius 2 is 1.67 bits per heavy atom. The summed E-state index contributed by atoms with van der Waals surface area (Å²) in [4.78, 5) is 17.5. The molecule has 0 spiro atoms. The lowest BCUT2D eigenvalue weighted by Gasteiger charge is -2.19. The number of primary sulfonamides is 1. The Labute approximate surface area is 208 Å². The Bertz CT molecular complexity index is 1510. The van der Waals surface area contributed by atoms with Crippen LogP contribution in [-0.2, 0) is 14.8 Å². The number of benzene rings is 3. The van der Waals surface area contributed by atoms with Crippen LogP contribution >= 0.6 is 0 Å². The van der Waals surface area contributed by atoms with Crippen molar-refractivity contribution in [3.63, 3.8) is 0 Å². The first-order valence-corrected chi connectivity index (χ1v) is 12.3. The normalized spacial score (nSPS) is 11.9. The number of pyridine rings is 1. The Kier molecular flexibility index (Phi) is 7.09. The number of rotatable bonds is 8. The molecule has 4 aromatic rings. The lowest BCUT2D eigenvalue weighted by Crippen LogP contribution is -2.26. The summed E-state index contributed by atoms with van der Waals surface area (Å²) >= 11 is 0. The molecule has 3 aromatic carbocycles. The van der Waals surface area contributed by atoms with Gasteiger partial charge in [-0.1, -0.05) is 60.7 Å². The molecule has 36 heavy (non-hydrogen) atoms. The molecule has 0 saturated carbocycles. The van der Waals surface area contributed by atoms with Crippen molar-refractivity contribution in [2.24, 2.45) is 10.9 Å². The number of nitrogens with two attached hydrogens (primary N) is 2. The van der Waals surface area contributed by atoms with Crippen molar-refractivity contribution >= 4 is 27.6 Å². The first kappa shape index (κ1) is 24.6. The maximum Gasteiger partial charge on any atom is 0.271 e. The lowest BCUT2D eigenvalue weighted by atomic mass is 10.1. The van der Waals surface area contributed by atoms with Gasteiger partial charge in [0, 0.05) is 28.5 Å². The summed E-state index contributed by atoms with van der Waals surface area (Å²) < 4.78 is 29.8. The van der Waals surface area contributed by atoms with Crippen LogP contribution in [0.25, 0.3) is 11.1 Å². The van der Waals surface area contributed by atoms with E-state index in [0.717, 1.165) is 0 Å². The maximum absolute atomic E-state index is 13.2. The van der Waals surface area contributed by atoms with Crippen LogP contribution in [0.1, 0.15) is 17.2 Å². The van der Waals surface area contributed by atoms with Gasteiger partial charge in [-0.3, -0.25) is 10.2 Å². The number of anilines is 1. The number of carbonyl (C=O) groups is 1. The molecule has 0 saturated heterocycles. The monoisotopic (exact) mass is 501 g/mol. The number of sulfonamides is 1. The van der Waals surface area contributed by atoms with Gasteiger partial charge in [0.05, 0.1) is 4.90 Å². The van der Waals surface area contributed by atoms with E-state index in [1.807, 2.05) is 6.07 Å². The summed E-state index contributed by atoms with van der Waals surface area (Å²) in [7, 11) is -3.93. The Morgan fingerprint density at radius 3 is 2.33 bits per heavy atom. The van der Waals surface area contributed by atoms with Crippen LogP contribution in [-0.4, -0.2) is 25.1 Å². The fourth-order valence-corrected chi connectivity index (χ4v) is 4.31. The number of hydrogen-bond acceptors (Lipinski definition) is 6. The third-order valence-electron chi connectivity index (χ3n) is 5.26. The first-order chi connectivity index (χ1) is 17.2. The van der Waals surface area contributed by atoms with Gasteiger partial charge in [-0.05, 0) is 30.3 Å². The van der Waals surface area contributed by atoms with Crippen LogP contribution in [0.5, 0.6) is 5.75 Å². The number of ether oxygens (including phenoxy) is 1. The average Bonchev–Trinajstić information content (AvgIpc) is 2.88. The molecule has 1 amide bonds. The van der Waals surface area contributed by atoms with E-state index in [4.69, 9.17) is 21.0 Å². The molecule has 10 heteroatoms. The molecule has 1 heterocycles. The number of amides is 1. The van der Waals surface area contributed by atoms with Gasteiger partial charge in [0.2, 0.25) is 16.1 Å². The van der Waals surface area contributed by atoms with Gasteiger partial charge < -0.3 is 15.8 Å². The second kappa shape index (κ2) is 10.4. The minimum Gasteiger partial charge on any atom is -0.476 e. The zero-order valence-corrected chi connectivity index (χ0v) is 19.8. The predicted molar refractivity (Wildman–Crippen MR) is 137 cm³/mol. The highest BCUT2D eigenvalue weighted by Crippen LogP contribution is 2.28. The van der Waals surface area contributed by atoms with E-state index in [1.54, 1.807) is 78.9 Å². The molecule has 1 unspecified atom stereocenters. The minimum atomic E-state index is -3.93. The van der Waals surface area contributed by atoms with Crippen molar-refractivity contribution in [1.29, 1.82) is 5.41 Å². The molecule has 0 bridgehead atoms. The summed E-state index contributed by atoms with van der Waals surface area (Å²) in [6, 6.07) is 25.1. The van der Waals surface area contributed by atoms with Crippen molar-refractivity contribution in [1.82, 2.24) is 4.98 Å². The topological polar surface area (TPSA) is 161 Å². The number of nitrogens with one attached hydrogen (secondary N) is 2. The standard InChI is InChI=1S/C26H23N5O4S/c27-25(28)18-9-6-10-20(15-18)35-24(17-7-2-1-3-8-17)26(32)31-23-14-13-19(16-30-23)21-11-4-5-12-22(21)36(29,33)34/h1-16,24H,(H3,27,28)(H2,29,33,34)(H,30,31,32). The number of nitrogen functional groups attached to an aromatic ring is 1. The maximum atomic E-state index is 13.2. The second-order valence-corrected chi connectivity index (χ2v) is 9.34. The third-order valence-corrected chi connectivity index (χ3v) is 6.23. The molecule has 0 radical (unpaired) electrons. The summed E-state index contributed by atoms with van der Waals surface area (Å²) in [6.07, 6.45) is 0.437. The van der Waals surface area contributed by atoms with E-state index >= 15 is 0 Å². The first-order valence-electron chi connectivity index (χ1n) is 10.8. The second-order valence-electron chi connectivity index (χ2n) is 7.81. The molecule has 1 aromatic heterocycles. The number of carbonyl (C=O) groups excluding carboxylic acids is 1. The lowest BCUT2D eigenvalue weighted by molar-refractivity contribution is -0.123. The predicted octanol–water partition coefficient (Wildman–Crippen LogP) is 3.44. The van der Waals surface area contributed by atoms with Gasteiger partial charge in [-0.2, -0.15) is 0 Å². The van der Waals surface area contributed by atoms with Crippen molar-refractivity contribution in [3.8, 4) is 16.9 Å². The van der Waals surface area contributed by atoms with Crippen molar-refractivity contribution in [2.75, 3.05) is 5.32 Å².